The van der Waals surface area contributed by atoms with Crippen LogP contribution in [0.25, 0.3) is 5.57 Å². The van der Waals surface area contributed by atoms with E-state index in [1.807, 2.05) is 65.8 Å². The third-order valence-electron chi connectivity index (χ3n) is 8.66. The van der Waals surface area contributed by atoms with Crippen LogP contribution in [-0.2, 0) is 20.2 Å². The van der Waals surface area contributed by atoms with Crippen molar-refractivity contribution in [1.82, 2.24) is 0 Å². The minimum absolute atomic E-state index is 0.0243. The van der Waals surface area contributed by atoms with E-state index in [-0.39, 0.29) is 5.56 Å². The summed E-state index contributed by atoms with van der Waals surface area (Å²) in [5.41, 5.74) is 24.1. The van der Waals surface area contributed by atoms with Gasteiger partial charge in [-0.05, 0) is 128 Å². The lowest BCUT2D eigenvalue weighted by atomic mass is 9.90. The molecule has 0 heterocycles. The Labute approximate surface area is 287 Å². The molecule has 0 fully saturated rings. The lowest BCUT2D eigenvalue weighted by Crippen LogP contribution is -2.08. The van der Waals surface area contributed by atoms with Gasteiger partial charge in [0, 0.05) is 28.3 Å². The maximum atomic E-state index is 12.7. The maximum Gasteiger partial charge on any atom is 0.295 e. The standard InChI is InChI=1S/C37H38N4O6S2/c1-20-17-22(3)36(24(5)34(20)38)40-28-11-7-26(8-12-28)33(31-16-15-30(48(42,43)44)19-32(31)49(45,46)47)27-9-13-29(14-10-27)41-37-23(4)18-21(2)35(39)25(37)6/h7-19,40H,38-39H2,1-6H3,(H,42,43,44)(H,45,46,47). The Kier molecular flexibility index (Phi) is 9.46. The molecule has 0 aromatic heterocycles. The lowest BCUT2D eigenvalue weighted by molar-refractivity contribution is 0.481. The molecular formula is C37H38N4O6S2. The summed E-state index contributed by atoms with van der Waals surface area (Å²) in [5, 5.41) is 3.42. The van der Waals surface area contributed by atoms with Gasteiger partial charge in [0.1, 0.15) is 4.90 Å². The topological polar surface area (TPSA) is 185 Å². The van der Waals surface area contributed by atoms with Crippen LogP contribution >= 0.6 is 0 Å². The Bertz CT molecular complexity index is 2350. The average Bonchev–Trinajstić information content (AvgIpc) is 3.03. The van der Waals surface area contributed by atoms with Gasteiger partial charge in [-0.2, -0.15) is 16.8 Å². The summed E-state index contributed by atoms with van der Waals surface area (Å²) in [5.74, 6) is 0. The van der Waals surface area contributed by atoms with Crippen molar-refractivity contribution in [2.75, 3.05) is 16.8 Å². The zero-order chi connectivity index (χ0) is 36.0. The molecule has 4 aromatic carbocycles. The normalized spacial score (nSPS) is 13.1. The molecule has 5 rings (SSSR count). The van der Waals surface area contributed by atoms with Gasteiger partial charge in [0.25, 0.3) is 20.2 Å². The molecule has 0 bridgehead atoms. The number of hydrogen-bond donors (Lipinski definition) is 5. The Hall–Kier alpha value is -5.01. The second-order valence-electron chi connectivity index (χ2n) is 12.2. The van der Waals surface area contributed by atoms with Gasteiger partial charge in [-0.15, -0.1) is 0 Å². The molecule has 1 aliphatic rings. The molecule has 12 heteroatoms. The molecule has 0 saturated heterocycles. The number of allylic oxidation sites excluding steroid dienone is 5. The predicted octanol–water partition coefficient (Wildman–Crippen LogP) is 7.64. The largest absolute Gasteiger partial charge is 0.398 e. The van der Waals surface area contributed by atoms with Crippen molar-refractivity contribution < 1.29 is 25.9 Å². The monoisotopic (exact) mass is 698 g/mol. The van der Waals surface area contributed by atoms with E-state index in [1.165, 1.54) is 6.07 Å². The van der Waals surface area contributed by atoms with E-state index in [0.717, 1.165) is 62.6 Å². The average molecular weight is 699 g/mol. The maximum absolute atomic E-state index is 12.7. The summed E-state index contributed by atoms with van der Waals surface area (Å²) in [6, 6.07) is 14.3. The number of aliphatic imine (C=N–C) groups is 1. The van der Waals surface area contributed by atoms with Crippen molar-refractivity contribution in [3.63, 3.8) is 0 Å². The number of rotatable bonds is 7. The second-order valence-corrected chi connectivity index (χ2v) is 15.0. The van der Waals surface area contributed by atoms with E-state index >= 15 is 0 Å². The summed E-state index contributed by atoms with van der Waals surface area (Å²) in [6.45, 7) is 11.7. The van der Waals surface area contributed by atoms with Crippen molar-refractivity contribution in [3.8, 4) is 0 Å². The zero-order valence-electron chi connectivity index (χ0n) is 28.0. The van der Waals surface area contributed by atoms with Crippen LogP contribution in [0.4, 0.5) is 28.4 Å². The van der Waals surface area contributed by atoms with Crippen LogP contribution in [0.1, 0.15) is 44.5 Å². The second kappa shape index (κ2) is 13.1. The fourth-order valence-corrected chi connectivity index (χ4v) is 7.32. The molecular weight excluding hydrogens is 661 g/mol. The van der Waals surface area contributed by atoms with E-state index in [4.69, 9.17) is 16.5 Å². The smallest absolute Gasteiger partial charge is 0.295 e. The first-order chi connectivity index (χ1) is 22.9. The zero-order valence-corrected chi connectivity index (χ0v) is 29.6. The number of benzene rings is 4. The summed E-state index contributed by atoms with van der Waals surface area (Å²) in [4.78, 5) is 3.46. The van der Waals surface area contributed by atoms with Gasteiger partial charge >= 0.3 is 0 Å². The number of aryl methyl sites for hydroxylation is 4. The van der Waals surface area contributed by atoms with Crippen molar-refractivity contribution >= 4 is 60.0 Å². The molecule has 0 amide bonds. The summed E-state index contributed by atoms with van der Waals surface area (Å²) >= 11 is 0. The van der Waals surface area contributed by atoms with Crippen LogP contribution in [0, 0.1) is 41.5 Å². The molecule has 0 spiro atoms. The molecule has 0 saturated carbocycles. The van der Waals surface area contributed by atoms with Gasteiger partial charge < -0.3 is 16.8 Å². The molecule has 0 aliphatic heterocycles. The van der Waals surface area contributed by atoms with E-state index in [1.54, 1.807) is 36.4 Å². The van der Waals surface area contributed by atoms with Gasteiger partial charge in [0.15, 0.2) is 0 Å². The summed E-state index contributed by atoms with van der Waals surface area (Å²) < 4.78 is 69.1. The van der Waals surface area contributed by atoms with Crippen LogP contribution in [0.5, 0.6) is 0 Å². The number of nitrogens with zero attached hydrogens (tertiary/aromatic N) is 1. The molecule has 0 atom stereocenters. The van der Waals surface area contributed by atoms with Crippen molar-refractivity contribution in [2.45, 2.75) is 51.3 Å². The first-order valence-corrected chi connectivity index (χ1v) is 18.1. The fourth-order valence-electron chi connectivity index (χ4n) is 6.01. The highest BCUT2D eigenvalue weighted by Gasteiger charge is 2.25. The van der Waals surface area contributed by atoms with Crippen LogP contribution in [0.3, 0.4) is 0 Å². The van der Waals surface area contributed by atoms with Crippen LogP contribution < -0.4 is 16.8 Å². The van der Waals surface area contributed by atoms with E-state index < -0.39 is 30.0 Å². The SMILES string of the molecule is Cc1cc(C)c(N=C2C=CC(=C(c3ccc(Nc4c(C)cc(C)c(N)c4C)cc3)c3ccc(S(=O)(=O)O)cc3S(=O)(=O)O)C=C2)c(C)c1N. The van der Waals surface area contributed by atoms with Gasteiger partial charge in [-0.3, -0.25) is 9.11 Å². The number of nitrogens with two attached hydrogens (primary N) is 2. The van der Waals surface area contributed by atoms with Gasteiger partial charge in [0.05, 0.1) is 16.3 Å². The first-order valence-electron chi connectivity index (χ1n) is 15.3. The Morgan fingerprint density at radius 1 is 0.673 bits per heavy atom. The molecule has 10 nitrogen and oxygen atoms in total. The van der Waals surface area contributed by atoms with E-state index in [9.17, 15) is 25.9 Å². The molecule has 0 radical (unpaired) electrons. The number of nitrogens with one attached hydrogen (secondary N) is 1. The first kappa shape index (κ1) is 35.3. The van der Waals surface area contributed by atoms with E-state index in [2.05, 4.69) is 5.32 Å². The van der Waals surface area contributed by atoms with Crippen LogP contribution in [-0.4, -0.2) is 31.7 Å². The van der Waals surface area contributed by atoms with Crippen LogP contribution in [0.2, 0.25) is 0 Å². The minimum Gasteiger partial charge on any atom is -0.398 e. The highest BCUT2D eigenvalue weighted by atomic mass is 32.2. The Balaban J connectivity index is 1.66. The molecule has 49 heavy (non-hydrogen) atoms. The Morgan fingerprint density at radius 2 is 1.24 bits per heavy atom. The third-order valence-corrected chi connectivity index (χ3v) is 10.4. The predicted molar refractivity (Wildman–Crippen MR) is 197 cm³/mol. The molecule has 0 unspecified atom stereocenters. The number of anilines is 4. The number of nitrogen functional groups attached to an aromatic ring is 2. The summed E-state index contributed by atoms with van der Waals surface area (Å²) in [7, 11) is -9.74. The van der Waals surface area contributed by atoms with E-state index in [0.29, 0.717) is 33.8 Å². The van der Waals surface area contributed by atoms with Crippen LogP contribution in [0.15, 0.2) is 99.3 Å². The highest BCUT2D eigenvalue weighted by Crippen LogP contribution is 2.37. The van der Waals surface area contributed by atoms with Gasteiger partial charge in [-0.1, -0.05) is 42.5 Å². The number of hydrogen-bond acceptors (Lipinski definition) is 8. The minimum atomic E-state index is -4.96. The highest BCUT2D eigenvalue weighted by molar-refractivity contribution is 7.86. The van der Waals surface area contributed by atoms with Crippen molar-refractivity contribution in [1.29, 1.82) is 0 Å². The molecule has 254 valence electrons. The van der Waals surface area contributed by atoms with Crippen molar-refractivity contribution in [2.24, 2.45) is 4.99 Å². The third kappa shape index (κ3) is 7.22. The summed E-state index contributed by atoms with van der Waals surface area (Å²) in [6.07, 6.45) is 7.06. The quantitative estimate of drug-likeness (QED) is 0.0955. The van der Waals surface area contributed by atoms with Crippen molar-refractivity contribution in [3.05, 3.63) is 129 Å². The lowest BCUT2D eigenvalue weighted by Gasteiger charge is -2.19. The van der Waals surface area contributed by atoms with Gasteiger partial charge in [0.2, 0.25) is 0 Å². The molecule has 7 N–H and O–H groups in total. The Morgan fingerprint density at radius 3 is 1.82 bits per heavy atom. The molecule has 1 aliphatic carbocycles. The fraction of sp³-hybridized carbons (Fsp3) is 0.162. The molecule has 4 aromatic rings. The van der Waals surface area contributed by atoms with Gasteiger partial charge in [-0.25, -0.2) is 4.99 Å².